The molecule has 0 radical (unpaired) electrons. The Morgan fingerprint density at radius 2 is 0.775 bits per heavy atom. The molecule has 228 valence electrons. The smallest absolute Gasteiger partial charge is 0.142 e. The van der Waals surface area contributed by atoms with Crippen molar-refractivity contribution >= 4 is 22.1 Å². The zero-order valence-electron chi connectivity index (χ0n) is 27.2. The molecule has 2 rings (SSSR count). The van der Waals surface area contributed by atoms with Crippen LogP contribution < -0.4 is 19.3 Å². The van der Waals surface area contributed by atoms with Gasteiger partial charge in [0.05, 0.1) is 25.6 Å². The number of methoxy groups -OCH3 is 2. The lowest BCUT2D eigenvalue weighted by Gasteiger charge is -2.33. The molecule has 0 heterocycles. The predicted molar refractivity (Wildman–Crippen MR) is 178 cm³/mol. The van der Waals surface area contributed by atoms with Crippen LogP contribution in [-0.4, -0.2) is 40.4 Å². The molecule has 4 heteroatoms. The number of rotatable bonds is 24. The number of benzene rings is 2. The third-order valence-corrected chi connectivity index (χ3v) is 8.26. The predicted octanol–water partition coefficient (Wildman–Crippen LogP) is 10.8. The summed E-state index contributed by atoms with van der Waals surface area (Å²) in [7, 11) is 3.67. The van der Waals surface area contributed by atoms with Crippen LogP contribution in [0.4, 0.5) is 11.4 Å². The van der Waals surface area contributed by atoms with Crippen molar-refractivity contribution in [3.63, 3.8) is 0 Å². The molecule has 2 aromatic rings. The quantitative estimate of drug-likeness (QED) is 0.120. The lowest BCUT2D eigenvalue weighted by Crippen LogP contribution is -2.29. The van der Waals surface area contributed by atoms with E-state index in [9.17, 15) is 0 Å². The molecule has 0 aliphatic heterocycles. The highest BCUT2D eigenvalue weighted by Crippen LogP contribution is 2.46. The zero-order valence-corrected chi connectivity index (χ0v) is 27.2. The molecule has 40 heavy (non-hydrogen) atoms. The van der Waals surface area contributed by atoms with E-state index < -0.39 is 0 Å². The second-order valence-corrected chi connectivity index (χ2v) is 11.5. The number of anilines is 2. The van der Waals surface area contributed by atoms with E-state index in [4.69, 9.17) is 9.47 Å². The van der Waals surface area contributed by atoms with Crippen LogP contribution in [0.1, 0.15) is 130 Å². The average Bonchev–Trinajstić information content (AvgIpc) is 2.98. The second-order valence-electron chi connectivity index (χ2n) is 11.5. The summed E-state index contributed by atoms with van der Waals surface area (Å²) in [5.41, 5.74) is 2.54. The fraction of sp³-hybridized carbons (Fsp3) is 0.722. The van der Waals surface area contributed by atoms with Gasteiger partial charge in [-0.2, -0.15) is 0 Å². The van der Waals surface area contributed by atoms with Crippen molar-refractivity contribution in [3.05, 3.63) is 24.3 Å². The summed E-state index contributed by atoms with van der Waals surface area (Å²) in [6.07, 6.45) is 20.3. The Labute approximate surface area is 247 Å². The first kappa shape index (κ1) is 34.1. The summed E-state index contributed by atoms with van der Waals surface area (Å²) in [5, 5.41) is 2.60. The van der Waals surface area contributed by atoms with Gasteiger partial charge < -0.3 is 19.3 Å². The zero-order chi connectivity index (χ0) is 29.0. The number of ether oxygens (including phenoxy) is 2. The van der Waals surface area contributed by atoms with E-state index in [0.717, 1.165) is 37.7 Å². The van der Waals surface area contributed by atoms with Crippen molar-refractivity contribution in [2.45, 2.75) is 130 Å². The first-order valence-electron chi connectivity index (χ1n) is 16.8. The average molecular weight is 555 g/mol. The molecule has 0 aliphatic rings. The Kier molecular flexibility index (Phi) is 17.7. The summed E-state index contributed by atoms with van der Waals surface area (Å²) >= 11 is 0. The number of unbranched alkanes of at least 4 members (excludes halogenated alkanes) is 12. The summed E-state index contributed by atoms with van der Waals surface area (Å²) in [5.74, 6) is 1.98. The third-order valence-electron chi connectivity index (χ3n) is 8.26. The third kappa shape index (κ3) is 10.7. The Hall–Kier alpha value is -2.10. The molecule has 0 fully saturated rings. The molecule has 0 amide bonds. The fourth-order valence-corrected chi connectivity index (χ4v) is 5.89. The van der Waals surface area contributed by atoms with Gasteiger partial charge in [-0.15, -0.1) is 0 Å². The summed E-state index contributed by atoms with van der Waals surface area (Å²) in [6.45, 7) is 13.5. The topological polar surface area (TPSA) is 24.9 Å². The lowest BCUT2D eigenvalue weighted by atomic mass is 10.0. The molecule has 2 aromatic carbocycles. The van der Waals surface area contributed by atoms with E-state index in [0.29, 0.717) is 0 Å². The SMILES string of the molecule is CCCCCCN(CCCCCC)c1c(OC)ccc2ccc(OC)c(N(CCCCCC)CCCCCC)c12. The number of fused-ring (bicyclic) bond motifs is 1. The van der Waals surface area contributed by atoms with Crippen molar-refractivity contribution in [1.82, 2.24) is 0 Å². The van der Waals surface area contributed by atoms with Crippen LogP contribution in [0.5, 0.6) is 11.5 Å². The maximum absolute atomic E-state index is 6.12. The van der Waals surface area contributed by atoms with E-state index in [1.807, 2.05) is 14.2 Å². The molecule has 0 atom stereocenters. The molecule has 0 spiro atoms. The molecular formula is C36H62N2O2. The number of hydrogen-bond donors (Lipinski definition) is 0. The largest absolute Gasteiger partial charge is 0.495 e. The molecule has 0 N–H and O–H groups in total. The van der Waals surface area contributed by atoms with Crippen molar-refractivity contribution in [2.24, 2.45) is 0 Å². The summed E-state index contributed by atoms with van der Waals surface area (Å²) in [4.78, 5) is 5.31. The lowest BCUT2D eigenvalue weighted by molar-refractivity contribution is 0.412. The van der Waals surface area contributed by atoms with Gasteiger partial charge in [-0.3, -0.25) is 0 Å². The highest BCUT2D eigenvalue weighted by molar-refractivity contribution is 6.08. The van der Waals surface area contributed by atoms with Gasteiger partial charge in [-0.25, -0.2) is 0 Å². The Balaban J connectivity index is 2.64. The Bertz CT molecular complexity index is 834. The first-order valence-corrected chi connectivity index (χ1v) is 16.8. The maximum Gasteiger partial charge on any atom is 0.142 e. The van der Waals surface area contributed by atoms with Crippen LogP contribution in [0.25, 0.3) is 10.8 Å². The van der Waals surface area contributed by atoms with E-state index in [2.05, 4.69) is 61.8 Å². The Morgan fingerprint density at radius 1 is 0.450 bits per heavy atom. The van der Waals surface area contributed by atoms with Crippen molar-refractivity contribution < 1.29 is 9.47 Å². The van der Waals surface area contributed by atoms with E-state index in [-0.39, 0.29) is 0 Å². The van der Waals surface area contributed by atoms with Gasteiger partial charge in [0.25, 0.3) is 0 Å². The molecular weight excluding hydrogens is 492 g/mol. The van der Waals surface area contributed by atoms with Crippen LogP contribution >= 0.6 is 0 Å². The van der Waals surface area contributed by atoms with Crippen LogP contribution in [0, 0.1) is 0 Å². The molecule has 0 saturated carbocycles. The van der Waals surface area contributed by atoms with Crippen molar-refractivity contribution in [3.8, 4) is 11.5 Å². The van der Waals surface area contributed by atoms with Crippen LogP contribution in [0.2, 0.25) is 0 Å². The highest BCUT2D eigenvalue weighted by atomic mass is 16.5. The highest BCUT2D eigenvalue weighted by Gasteiger charge is 2.24. The monoisotopic (exact) mass is 554 g/mol. The number of hydrogen-bond acceptors (Lipinski definition) is 4. The van der Waals surface area contributed by atoms with Gasteiger partial charge in [0.2, 0.25) is 0 Å². The minimum Gasteiger partial charge on any atom is -0.495 e. The molecule has 0 unspecified atom stereocenters. The minimum atomic E-state index is 0.991. The fourth-order valence-electron chi connectivity index (χ4n) is 5.89. The molecule has 0 saturated heterocycles. The minimum absolute atomic E-state index is 0.991. The van der Waals surface area contributed by atoms with Crippen molar-refractivity contribution in [2.75, 3.05) is 50.2 Å². The van der Waals surface area contributed by atoms with Crippen molar-refractivity contribution in [1.29, 1.82) is 0 Å². The summed E-state index contributed by atoms with van der Waals surface area (Å²) < 4.78 is 12.2. The maximum atomic E-state index is 6.12. The standard InChI is InChI=1S/C36H62N2O2/c1-7-11-15-19-27-37(28-20-16-12-8-2)35-32(39-5)25-23-31-24-26-33(40-6)36(34(31)35)38(29-21-17-13-9-3)30-22-18-14-10-4/h23-26H,7-22,27-30H2,1-6H3. The van der Waals surface area contributed by atoms with Gasteiger partial charge in [-0.1, -0.05) is 117 Å². The molecule has 0 aromatic heterocycles. The van der Waals surface area contributed by atoms with Crippen LogP contribution in [-0.2, 0) is 0 Å². The van der Waals surface area contributed by atoms with Gasteiger partial charge in [-0.05, 0) is 43.2 Å². The normalized spacial score (nSPS) is 11.2. The van der Waals surface area contributed by atoms with Gasteiger partial charge in [0, 0.05) is 31.6 Å². The molecule has 0 aliphatic carbocycles. The number of nitrogens with zero attached hydrogens (tertiary/aromatic N) is 2. The van der Waals surface area contributed by atoms with Gasteiger partial charge >= 0.3 is 0 Å². The van der Waals surface area contributed by atoms with Crippen LogP contribution in [0.15, 0.2) is 24.3 Å². The Morgan fingerprint density at radius 3 is 1.05 bits per heavy atom. The van der Waals surface area contributed by atoms with E-state index >= 15 is 0 Å². The van der Waals surface area contributed by atoms with Gasteiger partial charge in [0.15, 0.2) is 0 Å². The first-order chi connectivity index (χ1) is 19.7. The van der Waals surface area contributed by atoms with E-state index in [1.54, 1.807) is 0 Å². The molecule has 4 nitrogen and oxygen atoms in total. The summed E-state index contributed by atoms with van der Waals surface area (Å²) in [6, 6.07) is 8.87. The second kappa shape index (κ2) is 20.7. The van der Waals surface area contributed by atoms with Crippen LogP contribution in [0.3, 0.4) is 0 Å². The van der Waals surface area contributed by atoms with Gasteiger partial charge in [0.1, 0.15) is 11.5 Å². The molecule has 0 bridgehead atoms. The van der Waals surface area contributed by atoms with E-state index in [1.165, 1.54) is 125 Å².